The number of anilines is 1. The first-order valence-electron chi connectivity index (χ1n) is 7.60. The zero-order valence-corrected chi connectivity index (χ0v) is 13.5. The summed E-state index contributed by atoms with van der Waals surface area (Å²) in [6.45, 7) is -0.290. The Morgan fingerprint density at radius 2 is 1.64 bits per heavy atom. The van der Waals surface area contributed by atoms with Crippen molar-refractivity contribution in [3.8, 4) is 0 Å². The Balaban J connectivity index is 2.18. The number of nitrogens with zero attached hydrogens (tertiary/aromatic N) is 3. The van der Waals surface area contributed by atoms with Gasteiger partial charge in [0.1, 0.15) is 6.54 Å². The molecule has 7 heteroatoms. The first-order valence-corrected chi connectivity index (χ1v) is 7.60. The van der Waals surface area contributed by atoms with Crippen LogP contribution in [0, 0.1) is 0 Å². The molecule has 0 spiro atoms. The van der Waals surface area contributed by atoms with Crippen LogP contribution in [-0.2, 0) is 11.8 Å². The first-order chi connectivity index (χ1) is 12.0. The van der Waals surface area contributed by atoms with E-state index in [-0.39, 0.29) is 17.8 Å². The molecule has 7 nitrogen and oxygen atoms in total. The van der Waals surface area contributed by atoms with E-state index in [2.05, 4.69) is 5.10 Å². The Kier molecular flexibility index (Phi) is 4.30. The fraction of sp³-hybridized carbons (Fsp3) is 0.111. The highest BCUT2D eigenvalue weighted by molar-refractivity contribution is 6.13. The average Bonchev–Trinajstić information content (AvgIpc) is 2.63. The SMILES string of the molecule is Cn1nc(C(=O)N(CC(N)=O)c2ccccc2)c2ccccc2c1=O. The number of aryl methyl sites for hydroxylation is 1. The number of carbonyl (C=O) groups excluding carboxylic acids is 2. The van der Waals surface area contributed by atoms with E-state index < -0.39 is 11.8 Å². The van der Waals surface area contributed by atoms with E-state index in [1.54, 1.807) is 54.6 Å². The van der Waals surface area contributed by atoms with Gasteiger partial charge >= 0.3 is 0 Å². The van der Waals surface area contributed by atoms with Gasteiger partial charge in [-0.05, 0) is 18.2 Å². The molecule has 2 amide bonds. The van der Waals surface area contributed by atoms with Crippen LogP contribution >= 0.6 is 0 Å². The molecule has 2 N–H and O–H groups in total. The maximum Gasteiger partial charge on any atom is 0.279 e. The van der Waals surface area contributed by atoms with E-state index >= 15 is 0 Å². The minimum absolute atomic E-state index is 0.0859. The molecule has 126 valence electrons. The van der Waals surface area contributed by atoms with Crippen molar-refractivity contribution in [3.63, 3.8) is 0 Å². The minimum atomic E-state index is -0.647. The number of fused-ring (bicyclic) bond motifs is 1. The molecule has 0 saturated heterocycles. The third-order valence-electron chi connectivity index (χ3n) is 3.79. The molecule has 1 heterocycles. The van der Waals surface area contributed by atoms with E-state index in [9.17, 15) is 14.4 Å². The summed E-state index contributed by atoms with van der Waals surface area (Å²) >= 11 is 0. The summed E-state index contributed by atoms with van der Waals surface area (Å²) in [5.41, 5.74) is 5.61. The van der Waals surface area contributed by atoms with Crippen molar-refractivity contribution >= 4 is 28.3 Å². The van der Waals surface area contributed by atoms with E-state index in [4.69, 9.17) is 5.73 Å². The third-order valence-corrected chi connectivity index (χ3v) is 3.79. The summed E-state index contributed by atoms with van der Waals surface area (Å²) in [7, 11) is 1.48. The topological polar surface area (TPSA) is 98.3 Å². The zero-order chi connectivity index (χ0) is 18.0. The Bertz CT molecular complexity index is 1010. The molecule has 25 heavy (non-hydrogen) atoms. The van der Waals surface area contributed by atoms with Gasteiger partial charge in [-0.1, -0.05) is 36.4 Å². The highest BCUT2D eigenvalue weighted by Gasteiger charge is 2.24. The molecule has 0 bridgehead atoms. The lowest BCUT2D eigenvalue weighted by Crippen LogP contribution is -2.40. The van der Waals surface area contributed by atoms with Crippen molar-refractivity contribution in [2.75, 3.05) is 11.4 Å². The second kappa shape index (κ2) is 6.56. The van der Waals surface area contributed by atoms with Crippen LogP contribution in [0.5, 0.6) is 0 Å². The lowest BCUT2D eigenvalue weighted by atomic mass is 10.1. The maximum atomic E-state index is 13.1. The van der Waals surface area contributed by atoms with Crippen LogP contribution in [0.3, 0.4) is 0 Å². The molecule has 0 radical (unpaired) electrons. The second-order valence-electron chi connectivity index (χ2n) is 5.52. The minimum Gasteiger partial charge on any atom is -0.368 e. The largest absolute Gasteiger partial charge is 0.368 e. The molecule has 0 fully saturated rings. The number of para-hydroxylation sites is 1. The second-order valence-corrected chi connectivity index (χ2v) is 5.52. The summed E-state index contributed by atoms with van der Waals surface area (Å²) in [6.07, 6.45) is 0. The van der Waals surface area contributed by atoms with Gasteiger partial charge in [-0.3, -0.25) is 19.3 Å². The molecular weight excluding hydrogens is 320 g/mol. The predicted molar refractivity (Wildman–Crippen MR) is 94.3 cm³/mol. The van der Waals surface area contributed by atoms with Crippen LogP contribution in [0.1, 0.15) is 10.5 Å². The number of carbonyl (C=O) groups is 2. The van der Waals surface area contributed by atoms with Crippen LogP contribution in [0.15, 0.2) is 59.4 Å². The number of aromatic nitrogens is 2. The lowest BCUT2D eigenvalue weighted by molar-refractivity contribution is -0.116. The number of benzene rings is 2. The Morgan fingerprint density at radius 1 is 1.04 bits per heavy atom. The van der Waals surface area contributed by atoms with Crippen LogP contribution in [-0.4, -0.2) is 28.1 Å². The summed E-state index contributed by atoms with van der Waals surface area (Å²) in [5, 5.41) is 4.93. The molecule has 0 aliphatic rings. The Labute approximate surface area is 143 Å². The predicted octanol–water partition coefficient (Wildman–Crippen LogP) is 1.07. The molecule has 3 aromatic rings. The fourth-order valence-electron chi connectivity index (χ4n) is 2.63. The van der Waals surface area contributed by atoms with Crippen molar-refractivity contribution < 1.29 is 9.59 Å². The molecule has 0 aliphatic carbocycles. The van der Waals surface area contributed by atoms with Gasteiger partial charge < -0.3 is 5.73 Å². The summed E-state index contributed by atoms with van der Waals surface area (Å²) in [4.78, 5) is 38.0. The fourth-order valence-corrected chi connectivity index (χ4v) is 2.63. The van der Waals surface area contributed by atoms with E-state index in [0.29, 0.717) is 16.5 Å². The van der Waals surface area contributed by atoms with Crippen molar-refractivity contribution in [2.24, 2.45) is 12.8 Å². The highest BCUT2D eigenvalue weighted by atomic mass is 16.2. The number of primary amides is 1. The van der Waals surface area contributed by atoms with Crippen molar-refractivity contribution in [3.05, 3.63) is 70.6 Å². The van der Waals surface area contributed by atoms with Crippen molar-refractivity contribution in [2.45, 2.75) is 0 Å². The van der Waals surface area contributed by atoms with Gasteiger partial charge in [0.2, 0.25) is 5.91 Å². The van der Waals surface area contributed by atoms with E-state index in [1.807, 2.05) is 0 Å². The van der Waals surface area contributed by atoms with Crippen LogP contribution in [0.2, 0.25) is 0 Å². The van der Waals surface area contributed by atoms with Gasteiger partial charge in [0, 0.05) is 18.1 Å². The maximum absolute atomic E-state index is 13.1. The number of hydrogen-bond acceptors (Lipinski definition) is 4. The van der Waals surface area contributed by atoms with Crippen LogP contribution < -0.4 is 16.2 Å². The average molecular weight is 336 g/mol. The van der Waals surface area contributed by atoms with E-state index in [0.717, 1.165) is 4.68 Å². The molecule has 0 saturated carbocycles. The monoisotopic (exact) mass is 336 g/mol. The van der Waals surface area contributed by atoms with Crippen LogP contribution in [0.4, 0.5) is 5.69 Å². The molecule has 0 unspecified atom stereocenters. The molecule has 0 aliphatic heterocycles. The number of nitrogens with two attached hydrogens (primary N) is 1. The molecule has 2 aromatic carbocycles. The summed E-state index contributed by atoms with van der Waals surface area (Å²) < 4.78 is 1.11. The van der Waals surface area contributed by atoms with Crippen molar-refractivity contribution in [1.29, 1.82) is 0 Å². The highest BCUT2D eigenvalue weighted by Crippen LogP contribution is 2.19. The van der Waals surface area contributed by atoms with Gasteiger partial charge in [0.05, 0.1) is 5.39 Å². The third kappa shape index (κ3) is 3.12. The molecule has 1 aromatic heterocycles. The first kappa shape index (κ1) is 16.4. The Morgan fingerprint density at radius 3 is 2.28 bits per heavy atom. The number of amides is 2. The standard InChI is InChI=1S/C18H16N4O3/c1-21-17(24)14-10-6-5-9-13(14)16(20-21)18(25)22(11-15(19)23)12-7-3-2-4-8-12/h2-10H,11H2,1H3,(H2,19,23). The van der Waals surface area contributed by atoms with Crippen LogP contribution in [0.25, 0.3) is 10.8 Å². The summed E-state index contributed by atoms with van der Waals surface area (Å²) in [6, 6.07) is 15.4. The Hall–Kier alpha value is -3.48. The van der Waals surface area contributed by atoms with Gasteiger partial charge in [-0.25, -0.2) is 4.68 Å². The molecule has 3 rings (SSSR count). The van der Waals surface area contributed by atoms with Gasteiger partial charge in [0.25, 0.3) is 11.5 Å². The lowest BCUT2D eigenvalue weighted by Gasteiger charge is -2.21. The molecule has 0 atom stereocenters. The molecular formula is C18H16N4O3. The zero-order valence-electron chi connectivity index (χ0n) is 13.5. The summed E-state index contributed by atoms with van der Waals surface area (Å²) in [5.74, 6) is -1.15. The smallest absolute Gasteiger partial charge is 0.279 e. The number of hydrogen-bond donors (Lipinski definition) is 1. The quantitative estimate of drug-likeness (QED) is 0.770. The number of rotatable bonds is 4. The van der Waals surface area contributed by atoms with E-state index in [1.165, 1.54) is 11.9 Å². The van der Waals surface area contributed by atoms with Crippen molar-refractivity contribution in [1.82, 2.24) is 9.78 Å². The van der Waals surface area contributed by atoms with Gasteiger partial charge in [0.15, 0.2) is 5.69 Å². The van der Waals surface area contributed by atoms with Gasteiger partial charge in [-0.15, -0.1) is 0 Å². The van der Waals surface area contributed by atoms with Gasteiger partial charge in [-0.2, -0.15) is 5.10 Å². The normalized spacial score (nSPS) is 10.6.